The molecule has 1 aromatic heterocycles. The fourth-order valence-electron chi connectivity index (χ4n) is 2.13. The van der Waals surface area contributed by atoms with Gasteiger partial charge in [-0.1, -0.05) is 28.9 Å². The molecule has 0 amide bonds. The topological polar surface area (TPSA) is 51.0 Å². The lowest BCUT2D eigenvalue weighted by Gasteiger charge is -2.17. The maximum Gasteiger partial charge on any atom is 0.213 e. The van der Waals surface area contributed by atoms with Crippen molar-refractivity contribution in [3.05, 3.63) is 47.1 Å². The highest BCUT2D eigenvalue weighted by molar-refractivity contribution is 6.30. The summed E-state index contributed by atoms with van der Waals surface area (Å²) in [5.41, 5.74) is 1.27. The monoisotopic (exact) mass is 263 g/mol. The normalized spacial score (nSPS) is 16.7. The summed E-state index contributed by atoms with van der Waals surface area (Å²) >= 11 is 5.92. The molecule has 4 nitrogen and oxygen atoms in total. The predicted molar refractivity (Wildman–Crippen MR) is 68.1 cm³/mol. The van der Waals surface area contributed by atoms with Crippen LogP contribution in [-0.2, 0) is 6.54 Å². The molecule has 1 aliphatic rings. The van der Waals surface area contributed by atoms with E-state index >= 15 is 0 Å². The van der Waals surface area contributed by atoms with Crippen LogP contribution in [0.4, 0.5) is 0 Å². The highest BCUT2D eigenvalue weighted by Crippen LogP contribution is 2.41. The van der Waals surface area contributed by atoms with E-state index in [1.807, 2.05) is 12.1 Å². The number of hydrogen-bond acceptors (Lipinski definition) is 4. The molecule has 94 valence electrons. The minimum atomic E-state index is 0.348. The number of nitrogens with zero attached hydrogens (tertiary/aromatic N) is 2. The minimum absolute atomic E-state index is 0.348. The fourth-order valence-corrected chi connectivity index (χ4v) is 2.25. The highest BCUT2D eigenvalue weighted by Gasteiger charge is 2.32. The van der Waals surface area contributed by atoms with Gasteiger partial charge in [-0.15, -0.1) is 0 Å². The maximum atomic E-state index is 5.92. The van der Waals surface area contributed by atoms with E-state index in [4.69, 9.17) is 16.1 Å². The Labute approximate surface area is 110 Å². The zero-order valence-electron chi connectivity index (χ0n) is 9.84. The van der Waals surface area contributed by atoms with E-state index in [9.17, 15) is 0 Å². The van der Waals surface area contributed by atoms with E-state index in [1.54, 1.807) is 0 Å². The number of benzene rings is 1. The van der Waals surface area contributed by atoms with Gasteiger partial charge in [0.25, 0.3) is 0 Å². The third-order valence-corrected chi connectivity index (χ3v) is 3.46. The number of nitrogens with one attached hydrogen (secondary N) is 1. The average molecular weight is 264 g/mol. The van der Waals surface area contributed by atoms with Gasteiger partial charge in [0.2, 0.25) is 6.39 Å². The lowest BCUT2D eigenvalue weighted by atomic mass is 10.0. The number of rotatable bonds is 5. The van der Waals surface area contributed by atoms with Gasteiger partial charge in [-0.3, -0.25) is 0 Å². The second-order valence-electron chi connectivity index (χ2n) is 4.59. The first-order valence-corrected chi connectivity index (χ1v) is 6.45. The molecule has 1 saturated carbocycles. The predicted octanol–water partition coefficient (Wildman–Crippen LogP) is 2.96. The standard InChI is InChI=1S/C13H14ClN3O/c14-11-5-3-10(4-6-11)13(9-1-2-9)15-7-12-16-8-18-17-12/h3-6,8-9,13,15H,1-2,7H2. The molecule has 1 aliphatic carbocycles. The van der Waals surface area contributed by atoms with Gasteiger partial charge in [-0.2, -0.15) is 4.98 Å². The summed E-state index contributed by atoms with van der Waals surface area (Å²) in [4.78, 5) is 4.01. The van der Waals surface area contributed by atoms with Gasteiger partial charge in [-0.25, -0.2) is 0 Å². The summed E-state index contributed by atoms with van der Waals surface area (Å²) in [6.07, 6.45) is 3.89. The number of aromatic nitrogens is 2. The van der Waals surface area contributed by atoms with Crippen molar-refractivity contribution in [1.29, 1.82) is 0 Å². The Kier molecular flexibility index (Phi) is 3.30. The second-order valence-corrected chi connectivity index (χ2v) is 5.03. The summed E-state index contributed by atoms with van der Waals surface area (Å²) in [5, 5.41) is 8.07. The van der Waals surface area contributed by atoms with Crippen LogP contribution in [0.15, 0.2) is 35.2 Å². The lowest BCUT2D eigenvalue weighted by Crippen LogP contribution is -2.23. The van der Waals surface area contributed by atoms with Crippen LogP contribution in [0.2, 0.25) is 5.02 Å². The third-order valence-electron chi connectivity index (χ3n) is 3.21. The molecule has 0 saturated heterocycles. The molecule has 1 N–H and O–H groups in total. The number of hydrogen-bond donors (Lipinski definition) is 1. The smallest absolute Gasteiger partial charge is 0.213 e. The van der Waals surface area contributed by atoms with Gasteiger partial charge < -0.3 is 9.84 Å². The zero-order valence-corrected chi connectivity index (χ0v) is 10.6. The SMILES string of the molecule is Clc1ccc(C(NCc2ncon2)C2CC2)cc1. The molecule has 18 heavy (non-hydrogen) atoms. The number of halogens is 1. The van der Waals surface area contributed by atoms with Gasteiger partial charge in [0.15, 0.2) is 5.82 Å². The largest absolute Gasteiger partial charge is 0.343 e. The zero-order chi connectivity index (χ0) is 12.4. The molecular weight excluding hydrogens is 250 g/mol. The summed E-state index contributed by atoms with van der Waals surface area (Å²) in [6, 6.07) is 8.37. The Balaban J connectivity index is 1.70. The highest BCUT2D eigenvalue weighted by atomic mass is 35.5. The molecule has 2 aromatic rings. The summed E-state index contributed by atoms with van der Waals surface area (Å²) in [7, 11) is 0. The molecule has 1 atom stereocenters. The van der Waals surface area contributed by atoms with Crippen LogP contribution in [0.25, 0.3) is 0 Å². The van der Waals surface area contributed by atoms with Crippen LogP contribution in [-0.4, -0.2) is 10.1 Å². The first kappa shape index (κ1) is 11.7. The van der Waals surface area contributed by atoms with E-state index in [0.717, 1.165) is 5.02 Å². The van der Waals surface area contributed by atoms with E-state index in [0.29, 0.717) is 24.3 Å². The third kappa shape index (κ3) is 2.71. The Morgan fingerprint density at radius 2 is 2.11 bits per heavy atom. The van der Waals surface area contributed by atoms with E-state index in [1.165, 1.54) is 24.8 Å². The molecule has 1 heterocycles. The Hall–Kier alpha value is -1.39. The summed E-state index contributed by atoms with van der Waals surface area (Å²) < 4.78 is 4.73. The quantitative estimate of drug-likeness (QED) is 0.901. The van der Waals surface area contributed by atoms with Crippen LogP contribution in [0.5, 0.6) is 0 Å². The van der Waals surface area contributed by atoms with Crippen molar-refractivity contribution in [1.82, 2.24) is 15.5 Å². The van der Waals surface area contributed by atoms with Crippen molar-refractivity contribution in [2.75, 3.05) is 0 Å². The minimum Gasteiger partial charge on any atom is -0.343 e. The lowest BCUT2D eigenvalue weighted by molar-refractivity contribution is 0.400. The Bertz CT molecular complexity index is 493. The molecule has 1 fully saturated rings. The summed E-state index contributed by atoms with van der Waals surface area (Å²) in [6.45, 7) is 0.625. The van der Waals surface area contributed by atoms with Crippen molar-refractivity contribution in [2.24, 2.45) is 5.92 Å². The molecule has 0 bridgehead atoms. The van der Waals surface area contributed by atoms with Crippen LogP contribution >= 0.6 is 11.6 Å². The van der Waals surface area contributed by atoms with Crippen molar-refractivity contribution >= 4 is 11.6 Å². The van der Waals surface area contributed by atoms with Gasteiger partial charge in [0.05, 0.1) is 6.54 Å². The molecule has 0 spiro atoms. The molecule has 3 rings (SSSR count). The Morgan fingerprint density at radius 1 is 1.33 bits per heavy atom. The second kappa shape index (κ2) is 5.08. The van der Waals surface area contributed by atoms with Crippen molar-refractivity contribution in [2.45, 2.75) is 25.4 Å². The van der Waals surface area contributed by atoms with Gasteiger partial charge in [0.1, 0.15) is 0 Å². The van der Waals surface area contributed by atoms with Gasteiger partial charge in [-0.05, 0) is 36.5 Å². The van der Waals surface area contributed by atoms with Gasteiger partial charge in [0, 0.05) is 11.1 Å². The van der Waals surface area contributed by atoms with E-state index in [2.05, 4.69) is 27.6 Å². The van der Waals surface area contributed by atoms with Crippen LogP contribution in [0.3, 0.4) is 0 Å². The molecule has 0 aliphatic heterocycles. The Morgan fingerprint density at radius 3 is 2.72 bits per heavy atom. The molecular formula is C13H14ClN3O. The van der Waals surface area contributed by atoms with Crippen molar-refractivity contribution in [3.8, 4) is 0 Å². The van der Waals surface area contributed by atoms with Crippen LogP contribution in [0.1, 0.15) is 30.3 Å². The fraction of sp³-hybridized carbons (Fsp3) is 0.385. The first-order valence-electron chi connectivity index (χ1n) is 6.07. The van der Waals surface area contributed by atoms with Crippen molar-refractivity contribution in [3.63, 3.8) is 0 Å². The molecule has 1 aromatic carbocycles. The van der Waals surface area contributed by atoms with Crippen molar-refractivity contribution < 1.29 is 4.52 Å². The average Bonchev–Trinajstić information content (AvgIpc) is 3.08. The van der Waals surface area contributed by atoms with Crippen LogP contribution < -0.4 is 5.32 Å². The molecule has 5 heteroatoms. The van der Waals surface area contributed by atoms with E-state index < -0.39 is 0 Å². The molecule has 1 unspecified atom stereocenters. The van der Waals surface area contributed by atoms with Crippen LogP contribution in [0, 0.1) is 5.92 Å². The summed E-state index contributed by atoms with van der Waals surface area (Å²) in [5.74, 6) is 1.40. The molecule has 0 radical (unpaired) electrons. The first-order chi connectivity index (χ1) is 8.83. The van der Waals surface area contributed by atoms with E-state index in [-0.39, 0.29) is 0 Å². The maximum absolute atomic E-state index is 5.92. The van der Waals surface area contributed by atoms with Gasteiger partial charge >= 0.3 is 0 Å².